The summed E-state index contributed by atoms with van der Waals surface area (Å²) in [6.07, 6.45) is 0. The Morgan fingerprint density at radius 1 is 0.840 bits per heavy atom. The Kier molecular flexibility index (Phi) is 4.58. The molecular formula is C21H20N2O2. The van der Waals surface area contributed by atoms with Gasteiger partial charge in [0.2, 0.25) is 5.88 Å². The van der Waals surface area contributed by atoms with E-state index in [9.17, 15) is 0 Å². The van der Waals surface area contributed by atoms with E-state index in [-0.39, 0.29) is 5.60 Å². The number of methoxy groups -OCH3 is 1. The van der Waals surface area contributed by atoms with Crippen molar-refractivity contribution in [2.75, 3.05) is 7.11 Å². The largest absolute Gasteiger partial charge is 0.497 e. The molecule has 0 aliphatic heterocycles. The van der Waals surface area contributed by atoms with Gasteiger partial charge in [-0.25, -0.2) is 9.97 Å². The summed E-state index contributed by atoms with van der Waals surface area (Å²) in [5.74, 6) is 7.46. The fourth-order valence-electron chi connectivity index (χ4n) is 2.23. The maximum atomic E-state index is 5.97. The van der Waals surface area contributed by atoms with Gasteiger partial charge in [-0.15, -0.1) is 0 Å². The maximum absolute atomic E-state index is 5.97. The highest BCUT2D eigenvalue weighted by Crippen LogP contribution is 2.22. The number of hydrogen-bond acceptors (Lipinski definition) is 4. The standard InChI is InChI=1S/C21H20N2O2/c1-21(2,3)25-20-19(22-17-7-5-6-8-18(17)23-20)14-11-15-9-12-16(24-4)13-10-15/h5-10,12-13H,1-4H3. The van der Waals surface area contributed by atoms with E-state index in [0.29, 0.717) is 11.6 Å². The lowest BCUT2D eigenvalue weighted by molar-refractivity contribution is 0.123. The Morgan fingerprint density at radius 2 is 1.48 bits per heavy atom. The molecule has 25 heavy (non-hydrogen) atoms. The molecule has 0 fully saturated rings. The van der Waals surface area contributed by atoms with E-state index in [1.54, 1.807) is 7.11 Å². The van der Waals surface area contributed by atoms with Crippen LogP contribution in [0.5, 0.6) is 11.6 Å². The van der Waals surface area contributed by atoms with E-state index in [1.807, 2.05) is 69.3 Å². The Labute approximate surface area is 147 Å². The number of hydrogen-bond donors (Lipinski definition) is 0. The molecule has 0 bridgehead atoms. The predicted molar refractivity (Wildman–Crippen MR) is 98.9 cm³/mol. The highest BCUT2D eigenvalue weighted by Gasteiger charge is 2.17. The topological polar surface area (TPSA) is 44.2 Å². The van der Waals surface area contributed by atoms with E-state index in [0.717, 1.165) is 22.3 Å². The van der Waals surface area contributed by atoms with Gasteiger partial charge in [0.25, 0.3) is 0 Å². The minimum Gasteiger partial charge on any atom is -0.497 e. The van der Waals surface area contributed by atoms with Crippen LogP contribution < -0.4 is 9.47 Å². The highest BCUT2D eigenvalue weighted by molar-refractivity contribution is 5.75. The quantitative estimate of drug-likeness (QED) is 0.659. The van der Waals surface area contributed by atoms with Gasteiger partial charge in [-0.3, -0.25) is 0 Å². The molecule has 0 atom stereocenters. The second kappa shape index (κ2) is 6.82. The average Bonchev–Trinajstić information content (AvgIpc) is 2.59. The molecule has 1 heterocycles. The third-order valence-electron chi connectivity index (χ3n) is 3.36. The van der Waals surface area contributed by atoms with Crippen LogP contribution in [-0.4, -0.2) is 22.7 Å². The summed E-state index contributed by atoms with van der Waals surface area (Å²) in [4.78, 5) is 9.22. The Morgan fingerprint density at radius 3 is 2.08 bits per heavy atom. The number of nitrogens with zero attached hydrogens (tertiary/aromatic N) is 2. The van der Waals surface area contributed by atoms with Crippen LogP contribution in [0.15, 0.2) is 48.5 Å². The lowest BCUT2D eigenvalue weighted by Crippen LogP contribution is -2.24. The molecule has 0 saturated carbocycles. The number of aromatic nitrogens is 2. The summed E-state index contributed by atoms with van der Waals surface area (Å²) in [5, 5.41) is 0. The summed E-state index contributed by atoms with van der Waals surface area (Å²) in [5.41, 5.74) is 2.61. The SMILES string of the molecule is COc1ccc(C#Cc2nc3ccccc3nc2OC(C)(C)C)cc1. The van der Waals surface area contributed by atoms with Crippen molar-refractivity contribution >= 4 is 11.0 Å². The first-order chi connectivity index (χ1) is 11.9. The Bertz CT molecular complexity index is 946. The fraction of sp³-hybridized carbons (Fsp3) is 0.238. The van der Waals surface area contributed by atoms with Crippen LogP contribution in [-0.2, 0) is 0 Å². The first kappa shape index (κ1) is 16.8. The summed E-state index contributed by atoms with van der Waals surface area (Å²) >= 11 is 0. The second-order valence-corrected chi connectivity index (χ2v) is 6.56. The molecule has 0 saturated heterocycles. The summed E-state index contributed by atoms with van der Waals surface area (Å²) in [6, 6.07) is 15.3. The molecule has 0 N–H and O–H groups in total. The second-order valence-electron chi connectivity index (χ2n) is 6.56. The van der Waals surface area contributed by atoms with E-state index < -0.39 is 0 Å². The van der Waals surface area contributed by atoms with Crippen LogP contribution in [0.4, 0.5) is 0 Å². The molecule has 0 aliphatic carbocycles. The summed E-state index contributed by atoms with van der Waals surface area (Å²) in [6.45, 7) is 5.93. The molecule has 0 aliphatic rings. The van der Waals surface area contributed by atoms with Crippen molar-refractivity contribution in [3.05, 3.63) is 59.8 Å². The molecular weight excluding hydrogens is 312 g/mol. The number of rotatable bonds is 2. The zero-order valence-electron chi connectivity index (χ0n) is 14.8. The van der Waals surface area contributed by atoms with Gasteiger partial charge in [0.05, 0.1) is 18.1 Å². The van der Waals surface area contributed by atoms with Gasteiger partial charge < -0.3 is 9.47 Å². The fourth-order valence-corrected chi connectivity index (χ4v) is 2.23. The number of fused-ring (bicyclic) bond motifs is 1. The molecule has 126 valence electrons. The monoisotopic (exact) mass is 332 g/mol. The number of para-hydroxylation sites is 2. The molecule has 0 unspecified atom stereocenters. The molecule has 2 aromatic carbocycles. The number of benzene rings is 2. The van der Waals surface area contributed by atoms with Crippen LogP contribution in [0, 0.1) is 11.8 Å². The molecule has 0 spiro atoms. The minimum atomic E-state index is -0.381. The van der Waals surface area contributed by atoms with Crippen LogP contribution in [0.2, 0.25) is 0 Å². The van der Waals surface area contributed by atoms with Gasteiger partial charge in [0, 0.05) is 5.56 Å². The van der Waals surface area contributed by atoms with Crippen molar-refractivity contribution in [3.8, 4) is 23.5 Å². The molecule has 0 radical (unpaired) electrons. The van der Waals surface area contributed by atoms with Crippen molar-refractivity contribution in [3.63, 3.8) is 0 Å². The van der Waals surface area contributed by atoms with Crippen LogP contribution in [0.1, 0.15) is 32.0 Å². The summed E-state index contributed by atoms with van der Waals surface area (Å²) in [7, 11) is 1.64. The third kappa shape index (κ3) is 4.27. The van der Waals surface area contributed by atoms with Gasteiger partial charge >= 0.3 is 0 Å². The van der Waals surface area contributed by atoms with E-state index in [4.69, 9.17) is 9.47 Å². The zero-order valence-corrected chi connectivity index (χ0v) is 14.8. The number of ether oxygens (including phenoxy) is 2. The highest BCUT2D eigenvalue weighted by atomic mass is 16.5. The minimum absolute atomic E-state index is 0.381. The van der Waals surface area contributed by atoms with Crippen molar-refractivity contribution in [1.29, 1.82) is 0 Å². The molecule has 3 rings (SSSR count). The molecule has 4 heteroatoms. The average molecular weight is 332 g/mol. The Balaban J connectivity index is 2.03. The van der Waals surface area contributed by atoms with Gasteiger partial charge in [-0.05, 0) is 63.1 Å². The van der Waals surface area contributed by atoms with E-state index >= 15 is 0 Å². The first-order valence-corrected chi connectivity index (χ1v) is 8.06. The van der Waals surface area contributed by atoms with E-state index in [2.05, 4.69) is 21.8 Å². The van der Waals surface area contributed by atoms with Crippen molar-refractivity contribution in [2.24, 2.45) is 0 Å². The van der Waals surface area contributed by atoms with Crippen molar-refractivity contribution < 1.29 is 9.47 Å². The van der Waals surface area contributed by atoms with Gasteiger partial charge in [-0.1, -0.05) is 18.1 Å². The van der Waals surface area contributed by atoms with Gasteiger partial charge in [0.15, 0.2) is 5.69 Å². The normalized spacial score (nSPS) is 10.9. The van der Waals surface area contributed by atoms with Crippen molar-refractivity contribution in [2.45, 2.75) is 26.4 Å². The third-order valence-corrected chi connectivity index (χ3v) is 3.36. The van der Waals surface area contributed by atoms with Crippen molar-refractivity contribution in [1.82, 2.24) is 9.97 Å². The molecule has 1 aromatic heterocycles. The predicted octanol–water partition coefficient (Wildman–Crippen LogP) is 4.22. The lowest BCUT2D eigenvalue weighted by atomic mass is 10.2. The van der Waals surface area contributed by atoms with Crippen LogP contribution in [0.3, 0.4) is 0 Å². The first-order valence-electron chi connectivity index (χ1n) is 8.06. The Hall–Kier alpha value is -3.06. The molecule has 3 aromatic rings. The van der Waals surface area contributed by atoms with Crippen LogP contribution >= 0.6 is 0 Å². The molecule has 4 nitrogen and oxygen atoms in total. The van der Waals surface area contributed by atoms with Crippen LogP contribution in [0.25, 0.3) is 11.0 Å². The zero-order chi connectivity index (χ0) is 17.9. The van der Waals surface area contributed by atoms with E-state index in [1.165, 1.54) is 0 Å². The van der Waals surface area contributed by atoms with Gasteiger partial charge in [-0.2, -0.15) is 0 Å². The summed E-state index contributed by atoms with van der Waals surface area (Å²) < 4.78 is 11.1. The maximum Gasteiger partial charge on any atom is 0.250 e. The lowest BCUT2D eigenvalue weighted by Gasteiger charge is -2.21. The molecule has 0 amide bonds. The van der Waals surface area contributed by atoms with Gasteiger partial charge in [0.1, 0.15) is 11.4 Å². The smallest absolute Gasteiger partial charge is 0.250 e.